The van der Waals surface area contributed by atoms with Gasteiger partial charge in [-0.05, 0) is 70.5 Å². The Labute approximate surface area is 207 Å². The second-order valence-corrected chi connectivity index (χ2v) is 9.55. The molecule has 0 saturated heterocycles. The lowest BCUT2D eigenvalue weighted by Crippen LogP contribution is -2.21. The molecule has 0 unspecified atom stereocenters. The second kappa shape index (κ2) is 11.1. The number of nitrogens with two attached hydrogens (primary N) is 1. The monoisotopic (exact) mass is 479 g/mol. The fraction of sp³-hybridized carbons (Fsp3) is 0.519. The molecular weight excluding hydrogens is 442 g/mol. The van der Waals surface area contributed by atoms with Crippen LogP contribution in [0.5, 0.6) is 5.75 Å². The SMILES string of the molecule is CCC[C@H](C)OC(=O)Nc1ccc(-c2nc([C@H]3CC[C@H](CN)CC3)n3ccnc(C)c23)cc1OC. The Bertz CT molecular complexity index is 1170. The number of amides is 1. The van der Waals surface area contributed by atoms with Gasteiger partial charge in [0.2, 0.25) is 0 Å². The molecule has 1 aromatic carbocycles. The fourth-order valence-corrected chi connectivity index (χ4v) is 5.09. The van der Waals surface area contributed by atoms with E-state index in [-0.39, 0.29) is 6.10 Å². The summed E-state index contributed by atoms with van der Waals surface area (Å²) >= 11 is 0. The lowest BCUT2D eigenvalue weighted by molar-refractivity contribution is 0.115. The Morgan fingerprint density at radius 1 is 1.29 bits per heavy atom. The highest BCUT2D eigenvalue weighted by atomic mass is 16.6. The van der Waals surface area contributed by atoms with Crippen LogP contribution in [0.3, 0.4) is 0 Å². The van der Waals surface area contributed by atoms with E-state index in [1.54, 1.807) is 7.11 Å². The first-order valence-electron chi connectivity index (χ1n) is 12.6. The lowest BCUT2D eigenvalue weighted by Gasteiger charge is -2.26. The molecule has 2 heterocycles. The number of imidazole rings is 1. The quantitative estimate of drug-likeness (QED) is 0.431. The molecule has 1 aliphatic carbocycles. The number of fused-ring (bicyclic) bond motifs is 1. The van der Waals surface area contributed by atoms with Gasteiger partial charge in [0.1, 0.15) is 17.7 Å². The first-order valence-corrected chi connectivity index (χ1v) is 12.6. The van der Waals surface area contributed by atoms with Gasteiger partial charge >= 0.3 is 6.09 Å². The topological polar surface area (TPSA) is 104 Å². The Balaban J connectivity index is 1.65. The number of anilines is 1. The molecule has 8 nitrogen and oxygen atoms in total. The summed E-state index contributed by atoms with van der Waals surface area (Å²) in [6.45, 7) is 6.72. The van der Waals surface area contributed by atoms with Crippen LogP contribution in [0.15, 0.2) is 30.6 Å². The van der Waals surface area contributed by atoms with Crippen LogP contribution in [0.2, 0.25) is 0 Å². The van der Waals surface area contributed by atoms with Crippen LogP contribution in [-0.2, 0) is 4.74 Å². The number of ether oxygens (including phenoxy) is 2. The molecule has 35 heavy (non-hydrogen) atoms. The van der Waals surface area contributed by atoms with Gasteiger partial charge in [-0.1, -0.05) is 19.4 Å². The van der Waals surface area contributed by atoms with E-state index in [0.29, 0.717) is 23.3 Å². The van der Waals surface area contributed by atoms with E-state index in [2.05, 4.69) is 21.6 Å². The summed E-state index contributed by atoms with van der Waals surface area (Å²) in [6.07, 6.45) is 9.43. The number of hydrogen-bond acceptors (Lipinski definition) is 6. The van der Waals surface area contributed by atoms with Crippen LogP contribution >= 0.6 is 0 Å². The van der Waals surface area contributed by atoms with Crippen molar-refractivity contribution >= 4 is 17.3 Å². The highest BCUT2D eigenvalue weighted by Gasteiger charge is 2.27. The summed E-state index contributed by atoms with van der Waals surface area (Å²) in [6, 6.07) is 5.70. The molecule has 4 rings (SSSR count). The van der Waals surface area contributed by atoms with E-state index in [4.69, 9.17) is 20.2 Å². The molecule has 188 valence electrons. The maximum atomic E-state index is 12.3. The normalized spacial score (nSPS) is 18.9. The molecular formula is C27H37N5O3. The summed E-state index contributed by atoms with van der Waals surface area (Å²) in [5.41, 5.74) is 10.2. The number of nitrogens with one attached hydrogen (secondary N) is 1. The summed E-state index contributed by atoms with van der Waals surface area (Å²) in [7, 11) is 1.59. The number of methoxy groups -OCH3 is 1. The van der Waals surface area contributed by atoms with E-state index < -0.39 is 6.09 Å². The molecule has 8 heteroatoms. The average molecular weight is 480 g/mol. The number of aromatic nitrogens is 3. The van der Waals surface area contributed by atoms with E-state index >= 15 is 0 Å². The summed E-state index contributed by atoms with van der Waals surface area (Å²) in [4.78, 5) is 22.0. The molecule has 1 saturated carbocycles. The largest absolute Gasteiger partial charge is 0.495 e. The smallest absolute Gasteiger partial charge is 0.412 e. The zero-order chi connectivity index (χ0) is 24.9. The van der Waals surface area contributed by atoms with Crippen molar-refractivity contribution in [3.63, 3.8) is 0 Å². The first kappa shape index (κ1) is 25.0. The van der Waals surface area contributed by atoms with Crippen molar-refractivity contribution in [2.75, 3.05) is 19.0 Å². The third-order valence-corrected chi connectivity index (χ3v) is 7.03. The number of benzene rings is 1. The molecule has 1 amide bonds. The van der Waals surface area contributed by atoms with Gasteiger partial charge in [-0.2, -0.15) is 0 Å². The highest BCUT2D eigenvalue weighted by Crippen LogP contribution is 2.39. The highest BCUT2D eigenvalue weighted by molar-refractivity contribution is 5.89. The summed E-state index contributed by atoms with van der Waals surface area (Å²) < 4.78 is 13.2. The van der Waals surface area contributed by atoms with Gasteiger partial charge in [-0.3, -0.25) is 14.7 Å². The van der Waals surface area contributed by atoms with E-state index in [1.165, 1.54) is 0 Å². The summed E-state index contributed by atoms with van der Waals surface area (Å²) in [5.74, 6) is 2.63. The van der Waals surface area contributed by atoms with Crippen molar-refractivity contribution in [1.82, 2.24) is 14.4 Å². The molecule has 0 aliphatic heterocycles. The maximum Gasteiger partial charge on any atom is 0.412 e. The van der Waals surface area contributed by atoms with Crippen molar-refractivity contribution in [3.8, 4) is 17.0 Å². The predicted molar refractivity (Wildman–Crippen MR) is 138 cm³/mol. The Hall–Kier alpha value is -3.13. The molecule has 1 aliphatic rings. The van der Waals surface area contributed by atoms with Crippen LogP contribution < -0.4 is 15.8 Å². The van der Waals surface area contributed by atoms with Gasteiger partial charge in [0.15, 0.2) is 0 Å². The molecule has 0 bridgehead atoms. The van der Waals surface area contributed by atoms with E-state index in [0.717, 1.165) is 73.4 Å². The van der Waals surface area contributed by atoms with Gasteiger partial charge in [-0.25, -0.2) is 9.78 Å². The molecule has 3 N–H and O–H groups in total. The minimum atomic E-state index is -0.486. The van der Waals surface area contributed by atoms with Gasteiger partial charge in [0.25, 0.3) is 0 Å². The maximum absolute atomic E-state index is 12.3. The molecule has 1 fully saturated rings. The number of carbonyl (C=O) groups is 1. The standard InChI is InChI=1S/C27H37N5O3/c1-5-6-17(2)35-27(33)30-22-12-11-21(15-23(22)34-4)24-25-18(3)29-13-14-32(25)26(31-24)20-9-7-19(16-28)8-10-20/h11-15,17,19-20H,5-10,16,28H2,1-4H3,(H,30,33)/t17-,19-,20-/m0/s1. The van der Waals surface area contributed by atoms with Crippen LogP contribution in [-0.4, -0.2) is 40.2 Å². The van der Waals surface area contributed by atoms with Gasteiger partial charge < -0.3 is 15.2 Å². The number of aryl methyl sites for hydroxylation is 1. The van der Waals surface area contributed by atoms with Crippen LogP contribution in [0, 0.1) is 12.8 Å². The third kappa shape index (κ3) is 5.42. The number of nitrogens with zero attached hydrogens (tertiary/aromatic N) is 3. The Morgan fingerprint density at radius 2 is 2.06 bits per heavy atom. The fourth-order valence-electron chi connectivity index (χ4n) is 5.09. The van der Waals surface area contributed by atoms with Crippen molar-refractivity contribution in [3.05, 3.63) is 42.1 Å². The average Bonchev–Trinajstić information content (AvgIpc) is 3.25. The van der Waals surface area contributed by atoms with Crippen LogP contribution in [0.1, 0.15) is 69.8 Å². The van der Waals surface area contributed by atoms with Crippen LogP contribution in [0.4, 0.5) is 10.5 Å². The van der Waals surface area contributed by atoms with Gasteiger partial charge in [0, 0.05) is 23.9 Å². The van der Waals surface area contributed by atoms with Crippen molar-refractivity contribution in [2.45, 2.75) is 71.3 Å². The van der Waals surface area contributed by atoms with Crippen molar-refractivity contribution < 1.29 is 14.3 Å². The minimum absolute atomic E-state index is 0.143. The minimum Gasteiger partial charge on any atom is -0.495 e. The number of hydrogen-bond donors (Lipinski definition) is 2. The predicted octanol–water partition coefficient (Wildman–Crippen LogP) is 5.68. The Kier molecular flexibility index (Phi) is 7.90. The zero-order valence-electron chi connectivity index (χ0n) is 21.2. The van der Waals surface area contributed by atoms with E-state index in [9.17, 15) is 4.79 Å². The molecule has 3 aromatic rings. The zero-order valence-corrected chi connectivity index (χ0v) is 21.2. The first-order chi connectivity index (χ1) is 16.9. The lowest BCUT2D eigenvalue weighted by atomic mass is 9.81. The van der Waals surface area contributed by atoms with Gasteiger partial charge in [-0.15, -0.1) is 0 Å². The van der Waals surface area contributed by atoms with E-state index in [1.807, 2.05) is 44.4 Å². The van der Waals surface area contributed by atoms with Crippen molar-refractivity contribution in [2.24, 2.45) is 11.7 Å². The number of rotatable bonds is 8. The third-order valence-electron chi connectivity index (χ3n) is 7.03. The second-order valence-electron chi connectivity index (χ2n) is 9.55. The number of carbonyl (C=O) groups excluding carboxylic acids is 1. The molecule has 1 atom stereocenters. The summed E-state index contributed by atoms with van der Waals surface area (Å²) in [5, 5.41) is 2.81. The molecule has 0 radical (unpaired) electrons. The molecule has 0 spiro atoms. The van der Waals surface area contributed by atoms with Crippen LogP contribution in [0.25, 0.3) is 16.8 Å². The Morgan fingerprint density at radius 3 is 2.74 bits per heavy atom. The van der Waals surface area contributed by atoms with Gasteiger partial charge in [0.05, 0.1) is 29.7 Å². The van der Waals surface area contributed by atoms with Crippen molar-refractivity contribution in [1.29, 1.82) is 0 Å². The molecule has 2 aromatic heterocycles.